The third-order valence-corrected chi connectivity index (χ3v) is 4.38. The van der Waals surface area contributed by atoms with Crippen molar-refractivity contribution in [1.82, 2.24) is 0 Å². The second kappa shape index (κ2) is 6.91. The van der Waals surface area contributed by atoms with Gasteiger partial charge in [0, 0.05) is 37.9 Å². The lowest BCUT2D eigenvalue weighted by atomic mass is 10.1. The van der Waals surface area contributed by atoms with Crippen molar-refractivity contribution < 1.29 is 13.9 Å². The standard InChI is InChI=1S/C19H21FN2O2/c1-14(23)19-17(20)7-4-8-18(19)22-11-9-21(10-12-22)15-5-3-6-16(13-15)24-2/h3-8,13H,9-12H2,1-2H3. The SMILES string of the molecule is COc1cccc(N2CCN(c3cccc(F)c3C(C)=O)CC2)c1. The van der Waals surface area contributed by atoms with Crippen LogP contribution in [-0.4, -0.2) is 39.1 Å². The number of ketones is 1. The van der Waals surface area contributed by atoms with E-state index in [1.165, 1.54) is 13.0 Å². The lowest BCUT2D eigenvalue weighted by Gasteiger charge is -2.38. The molecule has 0 atom stereocenters. The molecule has 1 aliphatic rings. The van der Waals surface area contributed by atoms with Crippen LogP contribution in [0.5, 0.6) is 5.75 Å². The minimum Gasteiger partial charge on any atom is -0.497 e. The number of carbonyl (C=O) groups excluding carboxylic acids is 1. The molecule has 2 aromatic carbocycles. The molecule has 126 valence electrons. The molecule has 0 amide bonds. The number of ether oxygens (including phenoxy) is 1. The van der Waals surface area contributed by atoms with Gasteiger partial charge in [-0.2, -0.15) is 0 Å². The fourth-order valence-electron chi connectivity index (χ4n) is 3.14. The van der Waals surface area contributed by atoms with E-state index in [1.807, 2.05) is 24.3 Å². The molecule has 1 fully saturated rings. The third-order valence-electron chi connectivity index (χ3n) is 4.38. The summed E-state index contributed by atoms with van der Waals surface area (Å²) in [6.07, 6.45) is 0. The molecular weight excluding hydrogens is 307 g/mol. The van der Waals surface area contributed by atoms with Gasteiger partial charge in [0.05, 0.1) is 18.4 Å². The van der Waals surface area contributed by atoms with Crippen molar-refractivity contribution in [3.05, 3.63) is 53.8 Å². The molecule has 1 heterocycles. The summed E-state index contributed by atoms with van der Waals surface area (Å²) < 4.78 is 19.3. The van der Waals surface area contributed by atoms with Crippen molar-refractivity contribution in [3.8, 4) is 5.75 Å². The molecule has 0 bridgehead atoms. The maximum absolute atomic E-state index is 14.0. The van der Waals surface area contributed by atoms with Gasteiger partial charge in [0.2, 0.25) is 0 Å². The smallest absolute Gasteiger partial charge is 0.164 e. The molecule has 3 rings (SSSR count). The number of carbonyl (C=O) groups is 1. The second-order valence-corrected chi connectivity index (χ2v) is 5.87. The fraction of sp³-hybridized carbons (Fsp3) is 0.316. The average molecular weight is 328 g/mol. The Labute approximate surface area is 141 Å². The molecule has 1 aliphatic heterocycles. The van der Waals surface area contributed by atoms with Crippen LogP contribution in [0.2, 0.25) is 0 Å². The zero-order valence-electron chi connectivity index (χ0n) is 14.0. The third kappa shape index (κ3) is 3.20. The van der Waals surface area contributed by atoms with Crippen LogP contribution >= 0.6 is 0 Å². The Morgan fingerprint density at radius 1 is 1.04 bits per heavy atom. The van der Waals surface area contributed by atoms with Crippen LogP contribution in [0.3, 0.4) is 0 Å². The first kappa shape index (κ1) is 16.3. The monoisotopic (exact) mass is 328 g/mol. The fourth-order valence-corrected chi connectivity index (χ4v) is 3.14. The molecule has 0 saturated carbocycles. The first-order valence-corrected chi connectivity index (χ1v) is 8.03. The summed E-state index contributed by atoms with van der Waals surface area (Å²) in [6, 6.07) is 12.8. The number of nitrogens with zero attached hydrogens (tertiary/aromatic N) is 2. The van der Waals surface area contributed by atoms with Crippen molar-refractivity contribution in [2.45, 2.75) is 6.92 Å². The van der Waals surface area contributed by atoms with Gasteiger partial charge < -0.3 is 14.5 Å². The molecular formula is C19H21FN2O2. The van der Waals surface area contributed by atoms with Crippen LogP contribution in [0.1, 0.15) is 17.3 Å². The highest BCUT2D eigenvalue weighted by Crippen LogP contribution is 2.27. The summed E-state index contributed by atoms with van der Waals surface area (Å²) in [7, 11) is 1.66. The maximum Gasteiger partial charge on any atom is 0.164 e. The Morgan fingerprint density at radius 2 is 1.71 bits per heavy atom. The van der Waals surface area contributed by atoms with Gasteiger partial charge in [-0.3, -0.25) is 4.79 Å². The van der Waals surface area contributed by atoms with E-state index in [2.05, 4.69) is 15.9 Å². The number of hydrogen-bond donors (Lipinski definition) is 0. The van der Waals surface area contributed by atoms with Crippen molar-refractivity contribution >= 4 is 17.2 Å². The highest BCUT2D eigenvalue weighted by Gasteiger charge is 2.22. The van der Waals surface area contributed by atoms with Crippen LogP contribution in [0.15, 0.2) is 42.5 Å². The summed E-state index contributed by atoms with van der Waals surface area (Å²) in [5, 5.41) is 0. The summed E-state index contributed by atoms with van der Waals surface area (Å²) in [4.78, 5) is 16.1. The van der Waals surface area contributed by atoms with Gasteiger partial charge in [-0.05, 0) is 31.2 Å². The van der Waals surface area contributed by atoms with Crippen molar-refractivity contribution in [2.75, 3.05) is 43.1 Å². The minimum atomic E-state index is -0.449. The number of Topliss-reactive ketones (excluding diaryl/α,β-unsaturated/α-hetero) is 1. The van der Waals surface area contributed by atoms with E-state index in [0.717, 1.165) is 37.6 Å². The van der Waals surface area contributed by atoms with E-state index in [0.29, 0.717) is 5.69 Å². The van der Waals surface area contributed by atoms with Crippen LogP contribution < -0.4 is 14.5 Å². The highest BCUT2D eigenvalue weighted by molar-refractivity contribution is 6.00. The maximum atomic E-state index is 14.0. The van der Waals surface area contributed by atoms with E-state index in [1.54, 1.807) is 13.2 Å². The lowest BCUT2D eigenvalue weighted by molar-refractivity contribution is 0.101. The topological polar surface area (TPSA) is 32.8 Å². The van der Waals surface area contributed by atoms with E-state index in [9.17, 15) is 9.18 Å². The van der Waals surface area contributed by atoms with E-state index < -0.39 is 5.82 Å². The second-order valence-electron chi connectivity index (χ2n) is 5.87. The molecule has 0 spiro atoms. The molecule has 5 heteroatoms. The van der Waals surface area contributed by atoms with E-state index in [4.69, 9.17) is 4.74 Å². The van der Waals surface area contributed by atoms with Crippen molar-refractivity contribution in [1.29, 1.82) is 0 Å². The largest absolute Gasteiger partial charge is 0.497 e. The number of halogens is 1. The van der Waals surface area contributed by atoms with Crippen LogP contribution in [-0.2, 0) is 0 Å². The van der Waals surface area contributed by atoms with E-state index >= 15 is 0 Å². The minimum absolute atomic E-state index is 0.187. The zero-order chi connectivity index (χ0) is 17.1. The van der Waals surface area contributed by atoms with Gasteiger partial charge in [-0.15, -0.1) is 0 Å². The predicted octanol–water partition coefficient (Wildman–Crippen LogP) is 3.36. The lowest BCUT2D eigenvalue weighted by Crippen LogP contribution is -2.47. The molecule has 0 unspecified atom stereocenters. The number of rotatable bonds is 4. The van der Waals surface area contributed by atoms with Gasteiger partial charge in [-0.1, -0.05) is 12.1 Å². The Hall–Kier alpha value is -2.56. The van der Waals surface area contributed by atoms with Gasteiger partial charge >= 0.3 is 0 Å². The number of anilines is 2. The Balaban J connectivity index is 1.76. The van der Waals surface area contributed by atoms with Gasteiger partial charge in [-0.25, -0.2) is 4.39 Å². The molecule has 4 nitrogen and oxygen atoms in total. The highest BCUT2D eigenvalue weighted by atomic mass is 19.1. The number of hydrogen-bond acceptors (Lipinski definition) is 4. The Morgan fingerprint density at radius 3 is 2.38 bits per heavy atom. The molecule has 1 saturated heterocycles. The number of piperazine rings is 1. The van der Waals surface area contributed by atoms with E-state index in [-0.39, 0.29) is 11.3 Å². The van der Waals surface area contributed by atoms with Gasteiger partial charge in [0.15, 0.2) is 5.78 Å². The quantitative estimate of drug-likeness (QED) is 0.806. The summed E-state index contributed by atoms with van der Waals surface area (Å²) in [5.41, 5.74) is 1.99. The van der Waals surface area contributed by atoms with Gasteiger partial charge in [0.1, 0.15) is 11.6 Å². The zero-order valence-corrected chi connectivity index (χ0v) is 14.0. The molecule has 0 aromatic heterocycles. The first-order chi connectivity index (χ1) is 11.6. The molecule has 0 aliphatic carbocycles. The molecule has 0 N–H and O–H groups in total. The molecule has 0 radical (unpaired) electrons. The first-order valence-electron chi connectivity index (χ1n) is 8.03. The molecule has 24 heavy (non-hydrogen) atoms. The van der Waals surface area contributed by atoms with Crippen LogP contribution in [0, 0.1) is 5.82 Å². The number of methoxy groups -OCH3 is 1. The van der Waals surface area contributed by atoms with Crippen LogP contribution in [0.4, 0.5) is 15.8 Å². The predicted molar refractivity (Wildman–Crippen MR) is 93.8 cm³/mol. The summed E-state index contributed by atoms with van der Waals surface area (Å²) in [6.45, 7) is 4.50. The van der Waals surface area contributed by atoms with Crippen molar-refractivity contribution in [2.24, 2.45) is 0 Å². The molecule has 2 aromatic rings. The van der Waals surface area contributed by atoms with Crippen LogP contribution in [0.25, 0.3) is 0 Å². The van der Waals surface area contributed by atoms with Gasteiger partial charge in [0.25, 0.3) is 0 Å². The summed E-state index contributed by atoms with van der Waals surface area (Å²) >= 11 is 0. The number of benzene rings is 2. The normalized spacial score (nSPS) is 14.6. The Kier molecular flexibility index (Phi) is 4.69. The average Bonchev–Trinajstić information content (AvgIpc) is 2.61. The summed E-state index contributed by atoms with van der Waals surface area (Å²) in [5.74, 6) is 0.146. The van der Waals surface area contributed by atoms with Crippen molar-refractivity contribution in [3.63, 3.8) is 0 Å². The Bertz CT molecular complexity index is 740.